The molecule has 2 aromatic carbocycles. The minimum absolute atomic E-state index is 0.118. The van der Waals surface area contributed by atoms with Gasteiger partial charge in [-0.2, -0.15) is 0 Å². The zero-order valence-electron chi connectivity index (χ0n) is 15.3. The zero-order chi connectivity index (χ0) is 19.2. The second-order valence-electron chi connectivity index (χ2n) is 8.40. The summed E-state index contributed by atoms with van der Waals surface area (Å²) in [4.78, 5) is 2.34. The maximum atomic E-state index is 13.2. The van der Waals surface area contributed by atoms with Gasteiger partial charge in [0.1, 0.15) is 5.82 Å². The molecule has 1 N–H and O–H groups in total. The van der Waals surface area contributed by atoms with Crippen molar-refractivity contribution in [2.45, 2.75) is 31.3 Å². The van der Waals surface area contributed by atoms with Gasteiger partial charge in [-0.25, -0.2) is 4.39 Å². The van der Waals surface area contributed by atoms with Crippen LogP contribution < -0.4 is 0 Å². The Balaban J connectivity index is 1.39. The molecule has 0 bridgehead atoms. The van der Waals surface area contributed by atoms with Gasteiger partial charge in [-0.3, -0.25) is 4.90 Å². The van der Waals surface area contributed by atoms with Crippen molar-refractivity contribution >= 4 is 23.2 Å². The molecule has 4 atom stereocenters. The van der Waals surface area contributed by atoms with Gasteiger partial charge in [-0.15, -0.1) is 0 Å². The van der Waals surface area contributed by atoms with Crippen molar-refractivity contribution in [3.8, 4) is 0 Å². The molecule has 2 aliphatic rings. The zero-order valence-corrected chi connectivity index (χ0v) is 16.8. The van der Waals surface area contributed by atoms with Crippen molar-refractivity contribution in [2.24, 2.45) is 11.8 Å². The quantitative estimate of drug-likeness (QED) is 0.726. The summed E-state index contributed by atoms with van der Waals surface area (Å²) in [5, 5.41) is 11.7. The Morgan fingerprint density at radius 2 is 1.74 bits per heavy atom. The van der Waals surface area contributed by atoms with Crippen molar-refractivity contribution in [2.75, 3.05) is 19.6 Å². The summed E-state index contributed by atoms with van der Waals surface area (Å²) >= 11 is 12.2. The summed E-state index contributed by atoms with van der Waals surface area (Å²) in [6, 6.07) is 12.2. The van der Waals surface area contributed by atoms with E-state index >= 15 is 0 Å². The lowest BCUT2D eigenvalue weighted by atomic mass is 9.79. The van der Waals surface area contributed by atoms with E-state index in [1.807, 2.05) is 12.1 Å². The van der Waals surface area contributed by atoms with E-state index in [4.69, 9.17) is 23.2 Å². The van der Waals surface area contributed by atoms with E-state index in [2.05, 4.69) is 11.8 Å². The van der Waals surface area contributed by atoms with E-state index < -0.39 is 6.10 Å². The Morgan fingerprint density at radius 3 is 2.33 bits per heavy atom. The van der Waals surface area contributed by atoms with Crippen LogP contribution in [-0.4, -0.2) is 29.6 Å². The minimum Gasteiger partial charge on any atom is -0.387 e. The molecule has 144 valence electrons. The molecule has 0 amide bonds. The molecule has 0 radical (unpaired) electrons. The Hall–Kier alpha value is -1.13. The highest BCUT2D eigenvalue weighted by molar-refractivity contribution is 6.35. The van der Waals surface area contributed by atoms with E-state index in [9.17, 15) is 9.50 Å². The predicted octanol–water partition coefficient (Wildman–Crippen LogP) is 5.47. The fraction of sp³-hybridized carbons (Fsp3) is 0.455. The molecule has 1 aliphatic carbocycles. The van der Waals surface area contributed by atoms with Crippen LogP contribution >= 0.6 is 23.2 Å². The minimum atomic E-state index is -0.614. The number of hydrogen-bond donors (Lipinski definition) is 1. The highest BCUT2D eigenvalue weighted by Gasteiger charge is 2.47. The maximum Gasteiger partial charge on any atom is 0.123 e. The summed E-state index contributed by atoms with van der Waals surface area (Å²) < 4.78 is 13.2. The number of aliphatic hydroxyl groups excluding tert-OH is 1. The normalized spacial score (nSPS) is 29.1. The van der Waals surface area contributed by atoms with Gasteiger partial charge in [0.2, 0.25) is 0 Å². The lowest BCUT2D eigenvalue weighted by Crippen LogP contribution is -2.30. The monoisotopic (exact) mass is 407 g/mol. The number of fused-ring (bicyclic) bond motifs is 1. The molecule has 1 aliphatic heterocycles. The maximum absolute atomic E-state index is 13.2. The number of rotatable bonds is 4. The summed E-state index contributed by atoms with van der Waals surface area (Å²) in [6.07, 6.45) is 1.60. The van der Waals surface area contributed by atoms with Crippen LogP contribution in [0.1, 0.15) is 37.0 Å². The third kappa shape index (κ3) is 3.88. The van der Waals surface area contributed by atoms with Crippen LogP contribution in [-0.2, 0) is 5.41 Å². The lowest BCUT2D eigenvalue weighted by molar-refractivity contribution is 0.120. The van der Waals surface area contributed by atoms with Crippen molar-refractivity contribution in [1.82, 2.24) is 4.90 Å². The molecule has 0 aromatic heterocycles. The molecule has 2 nitrogen and oxygen atoms in total. The number of hydrogen-bond acceptors (Lipinski definition) is 2. The molecule has 1 saturated heterocycles. The van der Waals surface area contributed by atoms with E-state index in [1.165, 1.54) is 5.56 Å². The van der Waals surface area contributed by atoms with Gasteiger partial charge in [0.05, 0.1) is 6.10 Å². The molecule has 0 spiro atoms. The Bertz CT molecular complexity index is 812. The summed E-state index contributed by atoms with van der Waals surface area (Å²) in [5.74, 6) is 1.06. The van der Waals surface area contributed by atoms with Crippen LogP contribution in [0.3, 0.4) is 0 Å². The van der Waals surface area contributed by atoms with Crippen molar-refractivity contribution in [3.63, 3.8) is 0 Å². The van der Waals surface area contributed by atoms with Crippen LogP contribution in [0.25, 0.3) is 0 Å². The first-order chi connectivity index (χ1) is 12.8. The number of benzene rings is 2. The Labute approximate surface area is 169 Å². The van der Waals surface area contributed by atoms with E-state index in [0.717, 1.165) is 31.5 Å². The first-order valence-corrected chi connectivity index (χ1v) is 10.2. The SMILES string of the molecule is C[C@@]1(c2ccc(F)cc2)C[C@H]2CN(CC(O)c3ccc(Cl)cc3Cl)C[C@H]2C1. The van der Waals surface area contributed by atoms with Gasteiger partial charge in [0.25, 0.3) is 0 Å². The lowest BCUT2D eigenvalue weighted by Gasteiger charge is -2.28. The number of likely N-dealkylation sites (tertiary alicyclic amines) is 1. The topological polar surface area (TPSA) is 23.5 Å². The van der Waals surface area contributed by atoms with Crippen LogP contribution in [0.5, 0.6) is 0 Å². The average Bonchev–Trinajstić information content (AvgIpc) is 3.10. The van der Waals surface area contributed by atoms with Crippen molar-refractivity contribution < 1.29 is 9.50 Å². The summed E-state index contributed by atoms with van der Waals surface area (Å²) in [7, 11) is 0. The molecule has 2 aromatic rings. The van der Waals surface area contributed by atoms with Crippen LogP contribution in [0.15, 0.2) is 42.5 Å². The third-order valence-electron chi connectivity index (χ3n) is 6.37. The van der Waals surface area contributed by atoms with E-state index in [-0.39, 0.29) is 11.2 Å². The van der Waals surface area contributed by atoms with Crippen LogP contribution in [0.4, 0.5) is 4.39 Å². The van der Waals surface area contributed by atoms with E-state index in [0.29, 0.717) is 28.4 Å². The highest BCUT2D eigenvalue weighted by atomic mass is 35.5. The van der Waals surface area contributed by atoms with Gasteiger partial charge in [0.15, 0.2) is 0 Å². The molecule has 5 heteroatoms. The molecule has 4 rings (SSSR count). The molecular weight excluding hydrogens is 384 g/mol. The third-order valence-corrected chi connectivity index (χ3v) is 6.93. The average molecular weight is 408 g/mol. The highest BCUT2D eigenvalue weighted by Crippen LogP contribution is 2.50. The Kier molecular flexibility index (Phi) is 5.24. The van der Waals surface area contributed by atoms with Gasteiger partial charge >= 0.3 is 0 Å². The number of β-amino-alcohol motifs (C(OH)–C–C–N with tert-alkyl or cyclic N) is 1. The first kappa shape index (κ1) is 19.2. The predicted molar refractivity (Wildman–Crippen MR) is 108 cm³/mol. The summed E-state index contributed by atoms with van der Waals surface area (Å²) in [6.45, 7) is 4.86. The standard InChI is InChI=1S/C22H24Cl2FNO/c1-22(16-2-5-18(25)6-3-16)9-14-11-26(12-15(14)10-22)13-21(27)19-7-4-17(23)8-20(19)24/h2-8,14-15,21,27H,9-13H2,1H3/t14-,15+,21?,22+. The largest absolute Gasteiger partial charge is 0.387 e. The number of halogens is 3. The molecule has 1 heterocycles. The molecule has 2 fully saturated rings. The van der Waals surface area contributed by atoms with Gasteiger partial charge in [-0.1, -0.05) is 48.3 Å². The Morgan fingerprint density at radius 1 is 1.11 bits per heavy atom. The molecule has 1 saturated carbocycles. The van der Waals surface area contributed by atoms with Gasteiger partial charge in [-0.05, 0) is 59.9 Å². The van der Waals surface area contributed by atoms with Crippen molar-refractivity contribution in [3.05, 3.63) is 69.5 Å². The number of nitrogens with zero attached hydrogens (tertiary/aromatic N) is 1. The molecular formula is C22H24Cl2FNO. The second kappa shape index (κ2) is 7.36. The van der Waals surface area contributed by atoms with Crippen molar-refractivity contribution in [1.29, 1.82) is 0 Å². The van der Waals surface area contributed by atoms with E-state index in [1.54, 1.807) is 30.3 Å². The fourth-order valence-corrected chi connectivity index (χ4v) is 5.63. The van der Waals surface area contributed by atoms with Crippen LogP contribution in [0.2, 0.25) is 10.0 Å². The second-order valence-corrected chi connectivity index (χ2v) is 9.24. The summed E-state index contributed by atoms with van der Waals surface area (Å²) in [5.41, 5.74) is 2.08. The number of aliphatic hydroxyl groups is 1. The fourth-order valence-electron chi connectivity index (χ4n) is 5.09. The van der Waals surface area contributed by atoms with Gasteiger partial charge < -0.3 is 5.11 Å². The molecule has 27 heavy (non-hydrogen) atoms. The smallest absolute Gasteiger partial charge is 0.123 e. The van der Waals surface area contributed by atoms with Crippen LogP contribution in [0, 0.1) is 17.7 Å². The van der Waals surface area contributed by atoms with Gasteiger partial charge in [0, 0.05) is 35.2 Å². The first-order valence-electron chi connectivity index (χ1n) is 9.45. The molecule has 1 unspecified atom stereocenters.